The summed E-state index contributed by atoms with van der Waals surface area (Å²) >= 11 is 0. The first-order valence-corrected chi connectivity index (χ1v) is 5.69. The van der Waals surface area contributed by atoms with Gasteiger partial charge in [0.05, 0.1) is 5.69 Å². The lowest BCUT2D eigenvalue weighted by Gasteiger charge is -2.09. The number of hydrazine groups is 1. The average Bonchev–Trinajstić information content (AvgIpc) is 2.40. The number of aryl methyl sites for hydroxylation is 1. The normalized spacial score (nSPS) is 9.61. The van der Waals surface area contributed by atoms with Crippen molar-refractivity contribution in [1.29, 1.82) is 0 Å². The second kappa shape index (κ2) is 5.72. The van der Waals surface area contributed by atoms with Gasteiger partial charge in [-0.2, -0.15) is 0 Å². The Morgan fingerprint density at radius 2 is 1.56 bits per heavy atom. The number of urea groups is 1. The Morgan fingerprint density at radius 1 is 0.889 bits per heavy atom. The SMILES string of the molecule is Cc1ccc(NC(=O)NNc2ccccc2)cc1. The van der Waals surface area contributed by atoms with Gasteiger partial charge in [0.1, 0.15) is 0 Å². The maximum atomic E-state index is 11.6. The molecule has 0 heterocycles. The van der Waals surface area contributed by atoms with E-state index in [4.69, 9.17) is 0 Å². The van der Waals surface area contributed by atoms with Crippen LogP contribution in [0.3, 0.4) is 0 Å². The van der Waals surface area contributed by atoms with Crippen molar-refractivity contribution in [2.75, 3.05) is 10.7 Å². The Labute approximate surface area is 106 Å². The highest BCUT2D eigenvalue weighted by molar-refractivity contribution is 5.89. The summed E-state index contributed by atoms with van der Waals surface area (Å²) in [5.41, 5.74) is 8.12. The molecule has 2 aromatic rings. The number of hydrogen-bond acceptors (Lipinski definition) is 2. The van der Waals surface area contributed by atoms with Gasteiger partial charge in [-0.25, -0.2) is 4.79 Å². The molecule has 92 valence electrons. The standard InChI is InChI=1S/C14H15N3O/c1-11-7-9-12(10-8-11)15-14(18)17-16-13-5-3-2-4-6-13/h2-10,16H,1H3,(H2,15,17,18). The number of anilines is 2. The summed E-state index contributed by atoms with van der Waals surface area (Å²) in [4.78, 5) is 11.6. The minimum Gasteiger partial charge on any atom is -0.307 e. The maximum Gasteiger partial charge on any atom is 0.337 e. The lowest BCUT2D eigenvalue weighted by molar-refractivity contribution is 0.254. The third-order valence-electron chi connectivity index (χ3n) is 2.40. The first-order chi connectivity index (χ1) is 8.74. The van der Waals surface area contributed by atoms with Gasteiger partial charge in [0.25, 0.3) is 0 Å². The average molecular weight is 241 g/mol. The zero-order valence-electron chi connectivity index (χ0n) is 10.1. The lowest BCUT2D eigenvalue weighted by Crippen LogP contribution is -2.33. The molecule has 18 heavy (non-hydrogen) atoms. The Balaban J connectivity index is 1.84. The molecule has 0 aliphatic heterocycles. The van der Waals surface area contributed by atoms with Crippen LogP contribution in [0.5, 0.6) is 0 Å². The fourth-order valence-corrected chi connectivity index (χ4v) is 1.45. The minimum atomic E-state index is -0.303. The molecule has 3 N–H and O–H groups in total. The Hall–Kier alpha value is -2.49. The number of benzene rings is 2. The van der Waals surface area contributed by atoms with Gasteiger partial charge in [-0.1, -0.05) is 35.9 Å². The van der Waals surface area contributed by atoms with Gasteiger partial charge < -0.3 is 5.32 Å². The van der Waals surface area contributed by atoms with Crippen molar-refractivity contribution in [3.63, 3.8) is 0 Å². The molecular weight excluding hydrogens is 226 g/mol. The van der Waals surface area contributed by atoms with Gasteiger partial charge in [0.15, 0.2) is 0 Å². The van der Waals surface area contributed by atoms with E-state index in [0.717, 1.165) is 16.9 Å². The van der Waals surface area contributed by atoms with Crippen molar-refractivity contribution < 1.29 is 4.79 Å². The molecule has 2 rings (SSSR count). The maximum absolute atomic E-state index is 11.6. The van der Waals surface area contributed by atoms with Gasteiger partial charge in [-0.3, -0.25) is 10.9 Å². The molecule has 0 saturated heterocycles. The fourth-order valence-electron chi connectivity index (χ4n) is 1.45. The summed E-state index contributed by atoms with van der Waals surface area (Å²) in [6, 6.07) is 16.7. The van der Waals surface area contributed by atoms with Crippen LogP contribution in [0.15, 0.2) is 54.6 Å². The van der Waals surface area contributed by atoms with Crippen LogP contribution in [0.4, 0.5) is 16.2 Å². The van der Waals surface area contributed by atoms with E-state index >= 15 is 0 Å². The van der Waals surface area contributed by atoms with Gasteiger partial charge >= 0.3 is 6.03 Å². The Morgan fingerprint density at radius 3 is 2.22 bits per heavy atom. The topological polar surface area (TPSA) is 53.2 Å². The number of carbonyl (C=O) groups is 1. The van der Waals surface area contributed by atoms with Gasteiger partial charge in [0, 0.05) is 5.69 Å². The van der Waals surface area contributed by atoms with E-state index in [9.17, 15) is 4.79 Å². The number of carbonyl (C=O) groups excluding carboxylic acids is 1. The molecule has 2 amide bonds. The van der Waals surface area contributed by atoms with Crippen LogP contribution in [0.2, 0.25) is 0 Å². The van der Waals surface area contributed by atoms with Crippen LogP contribution >= 0.6 is 0 Å². The molecule has 2 aromatic carbocycles. The third-order valence-corrected chi connectivity index (χ3v) is 2.40. The molecule has 0 saturated carbocycles. The highest BCUT2D eigenvalue weighted by Crippen LogP contribution is 2.08. The molecule has 0 fully saturated rings. The van der Waals surface area contributed by atoms with Crippen LogP contribution in [0.1, 0.15) is 5.56 Å². The lowest BCUT2D eigenvalue weighted by atomic mass is 10.2. The second-order valence-corrected chi connectivity index (χ2v) is 3.94. The zero-order valence-corrected chi connectivity index (χ0v) is 10.1. The first-order valence-electron chi connectivity index (χ1n) is 5.69. The largest absolute Gasteiger partial charge is 0.337 e. The Kier molecular flexibility index (Phi) is 3.81. The van der Waals surface area contributed by atoms with E-state index in [1.165, 1.54) is 0 Å². The molecule has 0 spiro atoms. The molecule has 0 radical (unpaired) electrons. The molecule has 4 heteroatoms. The van der Waals surface area contributed by atoms with Crippen molar-refractivity contribution in [3.05, 3.63) is 60.2 Å². The number of para-hydroxylation sites is 1. The molecule has 4 nitrogen and oxygen atoms in total. The summed E-state index contributed by atoms with van der Waals surface area (Å²) in [5.74, 6) is 0. The van der Waals surface area contributed by atoms with E-state index in [1.54, 1.807) is 0 Å². The first kappa shape index (κ1) is 12.0. The van der Waals surface area contributed by atoms with Crippen molar-refractivity contribution in [2.45, 2.75) is 6.92 Å². The number of nitrogens with one attached hydrogen (secondary N) is 3. The summed E-state index contributed by atoms with van der Waals surface area (Å²) in [6.07, 6.45) is 0. The third kappa shape index (κ3) is 3.52. The quantitative estimate of drug-likeness (QED) is 0.723. The van der Waals surface area contributed by atoms with Crippen molar-refractivity contribution in [2.24, 2.45) is 0 Å². The highest BCUT2D eigenvalue weighted by Gasteiger charge is 2.00. The van der Waals surface area contributed by atoms with Crippen molar-refractivity contribution in [1.82, 2.24) is 5.43 Å². The van der Waals surface area contributed by atoms with E-state index in [-0.39, 0.29) is 6.03 Å². The molecule has 0 atom stereocenters. The molecular formula is C14H15N3O. The van der Waals surface area contributed by atoms with E-state index < -0.39 is 0 Å². The number of hydrogen-bond donors (Lipinski definition) is 3. The predicted molar refractivity (Wildman–Crippen MR) is 73.4 cm³/mol. The van der Waals surface area contributed by atoms with E-state index in [2.05, 4.69) is 16.2 Å². The van der Waals surface area contributed by atoms with Gasteiger partial charge in [-0.15, -0.1) is 0 Å². The highest BCUT2D eigenvalue weighted by atomic mass is 16.2. The van der Waals surface area contributed by atoms with Crippen LogP contribution in [-0.2, 0) is 0 Å². The van der Waals surface area contributed by atoms with Crippen LogP contribution in [0.25, 0.3) is 0 Å². The summed E-state index contributed by atoms with van der Waals surface area (Å²) < 4.78 is 0. The van der Waals surface area contributed by atoms with Gasteiger partial charge in [0.2, 0.25) is 0 Å². The Bertz CT molecular complexity index is 508. The van der Waals surface area contributed by atoms with Crippen LogP contribution in [-0.4, -0.2) is 6.03 Å². The van der Waals surface area contributed by atoms with E-state index in [1.807, 2.05) is 61.5 Å². The van der Waals surface area contributed by atoms with Gasteiger partial charge in [-0.05, 0) is 31.2 Å². The molecule has 0 bridgehead atoms. The minimum absolute atomic E-state index is 0.303. The smallest absolute Gasteiger partial charge is 0.307 e. The van der Waals surface area contributed by atoms with E-state index in [0.29, 0.717) is 0 Å². The molecule has 0 aromatic heterocycles. The van der Waals surface area contributed by atoms with Crippen molar-refractivity contribution in [3.8, 4) is 0 Å². The van der Waals surface area contributed by atoms with Crippen molar-refractivity contribution >= 4 is 17.4 Å². The number of rotatable bonds is 3. The fraction of sp³-hybridized carbons (Fsp3) is 0.0714. The summed E-state index contributed by atoms with van der Waals surface area (Å²) in [6.45, 7) is 2.00. The van der Waals surface area contributed by atoms with Crippen LogP contribution < -0.4 is 16.2 Å². The predicted octanol–water partition coefficient (Wildman–Crippen LogP) is 3.14. The molecule has 0 unspecified atom stereocenters. The molecule has 0 aliphatic carbocycles. The number of amides is 2. The van der Waals surface area contributed by atoms with Crippen LogP contribution in [0, 0.1) is 6.92 Å². The second-order valence-electron chi connectivity index (χ2n) is 3.94. The monoisotopic (exact) mass is 241 g/mol. The molecule has 0 aliphatic rings. The summed E-state index contributed by atoms with van der Waals surface area (Å²) in [5, 5.41) is 2.73. The zero-order chi connectivity index (χ0) is 12.8. The summed E-state index contributed by atoms with van der Waals surface area (Å²) in [7, 11) is 0.